The first kappa shape index (κ1) is 16.1. The maximum absolute atomic E-state index is 11.3. The Kier molecular flexibility index (Phi) is 4.54. The Bertz CT molecular complexity index is 610. The summed E-state index contributed by atoms with van der Waals surface area (Å²) >= 11 is 0. The van der Waals surface area contributed by atoms with Crippen LogP contribution in [0.25, 0.3) is 5.70 Å². The Morgan fingerprint density at radius 3 is 2.41 bits per heavy atom. The highest BCUT2D eigenvalue weighted by Gasteiger charge is 2.26. The number of hydrogen-bond donors (Lipinski definition) is 1. The number of methoxy groups -OCH3 is 1. The third-order valence-corrected chi connectivity index (χ3v) is 3.23. The first-order valence-corrected chi connectivity index (χ1v) is 7.18. The summed E-state index contributed by atoms with van der Waals surface area (Å²) in [4.78, 5) is 15.8. The minimum atomic E-state index is -0.626. The molecule has 1 aromatic carbocycles. The highest BCUT2D eigenvalue weighted by molar-refractivity contribution is 5.92. The standard InChI is InChI=1S/C17H22N2O3/c1-11-14(10-20)22-16(19-17(2,3)4)18-15(11)12-6-8-13(21-5)9-7-12/h6-10,14H,1-5H3,(H,18,19). The summed E-state index contributed by atoms with van der Waals surface area (Å²) in [7, 11) is 1.63. The summed E-state index contributed by atoms with van der Waals surface area (Å²) < 4.78 is 10.8. The van der Waals surface area contributed by atoms with E-state index in [-0.39, 0.29) is 5.54 Å². The van der Waals surface area contributed by atoms with Crippen LogP contribution in [0.3, 0.4) is 0 Å². The summed E-state index contributed by atoms with van der Waals surface area (Å²) in [6.07, 6.45) is 0.164. The third kappa shape index (κ3) is 3.67. The van der Waals surface area contributed by atoms with E-state index < -0.39 is 6.10 Å². The number of carbonyl (C=O) groups is 1. The quantitative estimate of drug-likeness (QED) is 0.872. The molecular weight excluding hydrogens is 280 g/mol. The molecule has 5 nitrogen and oxygen atoms in total. The zero-order valence-electron chi connectivity index (χ0n) is 13.6. The fraction of sp³-hybridized carbons (Fsp3) is 0.412. The second-order valence-corrected chi connectivity index (χ2v) is 6.17. The average molecular weight is 302 g/mol. The molecule has 1 heterocycles. The van der Waals surface area contributed by atoms with Crippen LogP contribution in [0.1, 0.15) is 33.3 Å². The van der Waals surface area contributed by atoms with Gasteiger partial charge in [0.25, 0.3) is 6.02 Å². The number of nitrogens with one attached hydrogen (secondary N) is 1. The van der Waals surface area contributed by atoms with Crippen LogP contribution in [-0.2, 0) is 9.53 Å². The molecule has 1 atom stereocenters. The lowest BCUT2D eigenvalue weighted by Gasteiger charge is -2.28. The molecule has 1 aliphatic heterocycles. The maximum atomic E-state index is 11.3. The minimum Gasteiger partial charge on any atom is -0.497 e. The van der Waals surface area contributed by atoms with Gasteiger partial charge in [0.05, 0.1) is 18.3 Å². The Labute approximate surface area is 131 Å². The van der Waals surface area contributed by atoms with Gasteiger partial charge in [-0.05, 0) is 63.1 Å². The summed E-state index contributed by atoms with van der Waals surface area (Å²) in [6, 6.07) is 7.99. The predicted molar refractivity (Wildman–Crippen MR) is 86.8 cm³/mol. The number of amidine groups is 1. The van der Waals surface area contributed by atoms with Gasteiger partial charge in [0, 0.05) is 0 Å². The van der Waals surface area contributed by atoms with Gasteiger partial charge in [0.2, 0.25) is 0 Å². The van der Waals surface area contributed by atoms with Crippen molar-refractivity contribution in [1.29, 1.82) is 0 Å². The van der Waals surface area contributed by atoms with Gasteiger partial charge in [-0.2, -0.15) is 0 Å². The molecule has 0 bridgehead atoms. The Balaban J connectivity index is 2.41. The van der Waals surface area contributed by atoms with Crippen molar-refractivity contribution in [2.24, 2.45) is 4.99 Å². The van der Waals surface area contributed by atoms with Crippen LogP contribution in [0.4, 0.5) is 0 Å². The van der Waals surface area contributed by atoms with Crippen LogP contribution in [0.5, 0.6) is 5.75 Å². The van der Waals surface area contributed by atoms with Crippen molar-refractivity contribution in [3.8, 4) is 5.75 Å². The van der Waals surface area contributed by atoms with Crippen LogP contribution >= 0.6 is 0 Å². The lowest BCUT2D eigenvalue weighted by molar-refractivity contribution is -0.113. The van der Waals surface area contributed by atoms with Crippen molar-refractivity contribution < 1.29 is 14.3 Å². The molecular formula is C17H22N2O3. The first-order chi connectivity index (χ1) is 10.3. The van der Waals surface area contributed by atoms with E-state index in [1.54, 1.807) is 7.11 Å². The maximum Gasteiger partial charge on any atom is 0.290 e. The van der Waals surface area contributed by atoms with E-state index in [1.165, 1.54) is 0 Å². The highest BCUT2D eigenvalue weighted by atomic mass is 16.5. The number of carbonyl (C=O) groups excluding carboxylic acids is 1. The molecule has 0 fully saturated rings. The summed E-state index contributed by atoms with van der Waals surface area (Å²) in [5.41, 5.74) is 2.32. The van der Waals surface area contributed by atoms with E-state index in [9.17, 15) is 4.79 Å². The van der Waals surface area contributed by atoms with Crippen LogP contribution < -0.4 is 10.1 Å². The molecule has 1 aromatic rings. The smallest absolute Gasteiger partial charge is 0.290 e. The lowest BCUT2D eigenvalue weighted by atomic mass is 10.0. The molecule has 1 aliphatic rings. The summed E-state index contributed by atoms with van der Waals surface area (Å²) in [6.45, 7) is 7.79. The van der Waals surface area contributed by atoms with Crippen LogP contribution in [0.2, 0.25) is 0 Å². The monoisotopic (exact) mass is 302 g/mol. The van der Waals surface area contributed by atoms with Gasteiger partial charge in [-0.25, -0.2) is 4.99 Å². The van der Waals surface area contributed by atoms with Crippen molar-refractivity contribution in [2.75, 3.05) is 7.11 Å². The molecule has 0 saturated carbocycles. The van der Waals surface area contributed by atoms with Gasteiger partial charge in [-0.1, -0.05) is 0 Å². The molecule has 0 saturated heterocycles. The normalized spacial score (nSPS) is 20.4. The van der Waals surface area contributed by atoms with Crippen molar-refractivity contribution in [3.63, 3.8) is 0 Å². The highest BCUT2D eigenvalue weighted by Crippen LogP contribution is 2.25. The molecule has 0 aliphatic carbocycles. The molecule has 118 valence electrons. The fourth-order valence-corrected chi connectivity index (χ4v) is 2.13. The summed E-state index contributed by atoms with van der Waals surface area (Å²) in [5.74, 6) is 0.782. The molecule has 2 rings (SSSR count). The van der Waals surface area contributed by atoms with Crippen LogP contribution in [0.15, 0.2) is 34.8 Å². The van der Waals surface area contributed by atoms with Crippen molar-refractivity contribution in [2.45, 2.75) is 39.3 Å². The van der Waals surface area contributed by atoms with Crippen molar-refractivity contribution in [3.05, 3.63) is 35.4 Å². The van der Waals surface area contributed by atoms with E-state index in [2.05, 4.69) is 10.3 Å². The summed E-state index contributed by atoms with van der Waals surface area (Å²) in [5, 5.41) is 3.19. The van der Waals surface area contributed by atoms with E-state index in [0.717, 1.165) is 28.9 Å². The van der Waals surface area contributed by atoms with Crippen molar-refractivity contribution >= 4 is 18.0 Å². The number of hydrogen-bond acceptors (Lipinski definition) is 4. The minimum absolute atomic E-state index is 0.300. The number of benzene rings is 1. The van der Waals surface area contributed by atoms with Gasteiger partial charge >= 0.3 is 0 Å². The van der Waals surface area contributed by atoms with E-state index in [0.29, 0.717) is 6.02 Å². The number of aliphatic imine (C=N–C) groups is 1. The molecule has 0 radical (unpaired) electrons. The number of nitrogens with zero attached hydrogens (tertiary/aromatic N) is 1. The van der Waals surface area contributed by atoms with Crippen LogP contribution in [-0.4, -0.2) is 31.1 Å². The van der Waals surface area contributed by atoms with Gasteiger partial charge in [0.15, 0.2) is 12.4 Å². The number of rotatable bonds is 3. The van der Waals surface area contributed by atoms with E-state index >= 15 is 0 Å². The topological polar surface area (TPSA) is 59.9 Å². The molecule has 1 N–H and O–H groups in total. The first-order valence-electron chi connectivity index (χ1n) is 7.18. The molecule has 0 spiro atoms. The second-order valence-electron chi connectivity index (χ2n) is 6.17. The third-order valence-electron chi connectivity index (χ3n) is 3.23. The zero-order chi connectivity index (χ0) is 16.3. The second kappa shape index (κ2) is 6.22. The Hall–Kier alpha value is -2.30. The van der Waals surface area contributed by atoms with Gasteiger partial charge < -0.3 is 14.8 Å². The number of ether oxygens (including phenoxy) is 2. The fourth-order valence-electron chi connectivity index (χ4n) is 2.13. The average Bonchev–Trinajstić information content (AvgIpc) is 2.47. The van der Waals surface area contributed by atoms with E-state index in [4.69, 9.17) is 9.47 Å². The lowest BCUT2D eigenvalue weighted by Crippen LogP contribution is -2.39. The van der Waals surface area contributed by atoms with Crippen LogP contribution in [0, 0.1) is 0 Å². The Morgan fingerprint density at radius 1 is 1.27 bits per heavy atom. The predicted octanol–water partition coefficient (Wildman–Crippen LogP) is 2.77. The van der Waals surface area contributed by atoms with Gasteiger partial charge in [0.1, 0.15) is 5.75 Å². The molecule has 0 aromatic heterocycles. The van der Waals surface area contributed by atoms with Gasteiger partial charge in [-0.15, -0.1) is 0 Å². The molecule has 0 amide bonds. The Morgan fingerprint density at radius 2 is 1.91 bits per heavy atom. The largest absolute Gasteiger partial charge is 0.497 e. The van der Waals surface area contributed by atoms with E-state index in [1.807, 2.05) is 52.0 Å². The molecule has 5 heteroatoms. The number of aldehydes is 1. The SMILES string of the molecule is COc1ccc(C2=C(C)C(C=O)OC(=NC(C)(C)C)N2)cc1. The van der Waals surface area contributed by atoms with Crippen molar-refractivity contribution in [1.82, 2.24) is 5.32 Å². The molecule has 22 heavy (non-hydrogen) atoms. The molecule has 1 unspecified atom stereocenters. The van der Waals surface area contributed by atoms with Gasteiger partial charge in [-0.3, -0.25) is 4.79 Å². The zero-order valence-corrected chi connectivity index (χ0v) is 13.6.